The summed E-state index contributed by atoms with van der Waals surface area (Å²) in [5.74, 6) is -0.590. The van der Waals surface area contributed by atoms with Crippen molar-refractivity contribution < 1.29 is 25.8 Å². The molecular weight excluding hydrogens is 587 g/mol. The molecule has 43 heavy (non-hydrogen) atoms. The highest BCUT2D eigenvalue weighted by Crippen LogP contribution is 2.21. The molecule has 0 spiro atoms. The molecule has 4 aromatic carbocycles. The molecule has 0 aliphatic rings. The first kappa shape index (κ1) is 31.6. The first-order chi connectivity index (χ1) is 20.3. The van der Waals surface area contributed by atoms with Gasteiger partial charge < -0.3 is 4.18 Å². The van der Waals surface area contributed by atoms with Gasteiger partial charge in [0.25, 0.3) is 5.91 Å². The van der Waals surface area contributed by atoms with Gasteiger partial charge in [0.1, 0.15) is 16.7 Å². The van der Waals surface area contributed by atoms with Crippen LogP contribution in [0.1, 0.15) is 34.7 Å². The normalized spacial score (nSPS) is 12.9. The Balaban J connectivity index is 1.54. The zero-order valence-corrected chi connectivity index (χ0v) is 25.9. The highest BCUT2D eigenvalue weighted by molar-refractivity contribution is 7.89. The van der Waals surface area contributed by atoms with Gasteiger partial charge in [-0.05, 0) is 81.6 Å². The lowest BCUT2D eigenvalue weighted by molar-refractivity contribution is -0.122. The molecule has 0 aliphatic heterocycles. The van der Waals surface area contributed by atoms with Gasteiger partial charge in [0.2, 0.25) is 10.0 Å². The zero-order valence-electron chi connectivity index (χ0n) is 24.2. The van der Waals surface area contributed by atoms with Crippen molar-refractivity contribution in [2.24, 2.45) is 5.10 Å². The average molecular weight is 620 g/mol. The molecule has 9 nitrogen and oxygen atoms in total. The molecule has 1 amide bonds. The van der Waals surface area contributed by atoms with E-state index in [-0.39, 0.29) is 22.0 Å². The maximum atomic E-state index is 13.3. The van der Waals surface area contributed by atoms with Crippen LogP contribution in [0, 0.1) is 20.8 Å². The molecule has 0 radical (unpaired) electrons. The van der Waals surface area contributed by atoms with E-state index in [4.69, 9.17) is 4.18 Å². The molecule has 0 fully saturated rings. The van der Waals surface area contributed by atoms with E-state index in [9.17, 15) is 21.6 Å². The third kappa shape index (κ3) is 8.60. The fraction of sp³-hybridized carbons (Fsp3) is 0.188. The number of amides is 1. The fourth-order valence-electron chi connectivity index (χ4n) is 4.03. The molecule has 4 rings (SSSR count). The molecule has 11 heteroatoms. The number of benzene rings is 4. The Kier molecular flexibility index (Phi) is 9.80. The largest absolute Gasteiger partial charge is 0.379 e. The molecule has 0 saturated heterocycles. The number of nitrogens with one attached hydrogen (secondary N) is 2. The minimum Gasteiger partial charge on any atom is -0.379 e. The average Bonchev–Trinajstić information content (AvgIpc) is 2.97. The summed E-state index contributed by atoms with van der Waals surface area (Å²) in [6.45, 7) is 7.39. The molecule has 4 aromatic rings. The number of hydrazone groups is 1. The predicted octanol–water partition coefficient (Wildman–Crippen LogP) is 4.81. The van der Waals surface area contributed by atoms with E-state index in [2.05, 4.69) is 15.2 Å². The predicted molar refractivity (Wildman–Crippen MR) is 166 cm³/mol. The molecule has 0 heterocycles. The van der Waals surface area contributed by atoms with Crippen molar-refractivity contribution >= 4 is 31.8 Å². The lowest BCUT2D eigenvalue weighted by atomic mass is 10.1. The molecule has 0 aliphatic carbocycles. The number of carbonyl (C=O) groups is 1. The molecule has 0 unspecified atom stereocenters. The van der Waals surface area contributed by atoms with E-state index < -0.39 is 32.1 Å². The zero-order chi connectivity index (χ0) is 31.2. The van der Waals surface area contributed by atoms with Crippen LogP contribution >= 0.6 is 0 Å². The van der Waals surface area contributed by atoms with E-state index in [0.29, 0.717) is 11.3 Å². The van der Waals surface area contributed by atoms with Crippen LogP contribution in [-0.4, -0.2) is 34.5 Å². The first-order valence-corrected chi connectivity index (χ1v) is 16.3. The maximum absolute atomic E-state index is 13.3. The summed E-state index contributed by atoms with van der Waals surface area (Å²) in [5, 5.41) is 4.19. The SMILES string of the molecule is C/C(=N/NC(=O)[C@@H](Cc1ccc(OS(=O)(=O)c2ccc(C)cc2)cc1)NS(=O)(=O)c1ccc(C)cc1)c1ccc(C)cc1. The molecule has 0 saturated carbocycles. The number of carbonyl (C=O) groups excluding carboxylic acids is 1. The third-order valence-corrected chi connectivity index (χ3v) is 9.38. The van der Waals surface area contributed by atoms with E-state index in [1.165, 1.54) is 36.4 Å². The van der Waals surface area contributed by atoms with Gasteiger partial charge in [-0.25, -0.2) is 13.8 Å². The van der Waals surface area contributed by atoms with E-state index in [1.807, 2.05) is 45.0 Å². The second-order valence-corrected chi connectivity index (χ2v) is 13.5. The van der Waals surface area contributed by atoms with Crippen LogP contribution in [0.2, 0.25) is 0 Å². The first-order valence-electron chi connectivity index (χ1n) is 13.4. The van der Waals surface area contributed by atoms with Gasteiger partial charge >= 0.3 is 10.1 Å². The topological polar surface area (TPSA) is 131 Å². The van der Waals surface area contributed by atoms with Gasteiger partial charge in [0.05, 0.1) is 10.6 Å². The van der Waals surface area contributed by atoms with Crippen molar-refractivity contribution in [3.63, 3.8) is 0 Å². The van der Waals surface area contributed by atoms with Gasteiger partial charge in [-0.15, -0.1) is 0 Å². The Morgan fingerprint density at radius 2 is 1.21 bits per heavy atom. The van der Waals surface area contributed by atoms with Crippen molar-refractivity contribution in [2.75, 3.05) is 0 Å². The van der Waals surface area contributed by atoms with Crippen LogP contribution in [0.5, 0.6) is 5.75 Å². The Morgan fingerprint density at radius 3 is 1.74 bits per heavy atom. The van der Waals surface area contributed by atoms with E-state index >= 15 is 0 Å². The Labute approximate surface area is 252 Å². The van der Waals surface area contributed by atoms with Crippen LogP contribution in [0.3, 0.4) is 0 Å². The highest BCUT2D eigenvalue weighted by atomic mass is 32.2. The summed E-state index contributed by atoms with van der Waals surface area (Å²) in [6.07, 6.45) is -0.0407. The van der Waals surface area contributed by atoms with Crippen LogP contribution in [0.25, 0.3) is 0 Å². The van der Waals surface area contributed by atoms with Crippen molar-refractivity contribution in [2.45, 2.75) is 49.9 Å². The minimum absolute atomic E-state index is 0.0142. The quantitative estimate of drug-likeness (QED) is 0.141. The molecule has 1 atom stereocenters. The molecular formula is C32H33N3O6S2. The van der Waals surface area contributed by atoms with Crippen molar-refractivity contribution in [3.05, 3.63) is 125 Å². The third-order valence-electron chi connectivity index (χ3n) is 6.63. The summed E-state index contributed by atoms with van der Waals surface area (Å²) in [6, 6.07) is 25.0. The van der Waals surface area contributed by atoms with E-state index in [0.717, 1.165) is 22.3 Å². The number of hydrogen-bond acceptors (Lipinski definition) is 7. The standard InChI is InChI=1S/C32H33N3O6S2/c1-22-5-13-27(14-6-22)25(4)33-34-32(36)31(35-42(37,38)29-17-7-23(2)8-18-29)21-26-11-15-28(16-12-26)41-43(39,40)30-19-9-24(3)10-20-30/h5-20,31,35H,21H2,1-4H3,(H,34,36)/b33-25-/t31-/m1/s1. The van der Waals surface area contributed by atoms with Gasteiger partial charge in [0, 0.05) is 0 Å². The van der Waals surface area contributed by atoms with Gasteiger partial charge in [0.15, 0.2) is 0 Å². The highest BCUT2D eigenvalue weighted by Gasteiger charge is 2.26. The molecule has 0 aromatic heterocycles. The van der Waals surface area contributed by atoms with Crippen molar-refractivity contribution in [1.29, 1.82) is 0 Å². The fourth-order valence-corrected chi connectivity index (χ4v) is 6.16. The van der Waals surface area contributed by atoms with Gasteiger partial charge in [-0.2, -0.15) is 18.2 Å². The summed E-state index contributed by atoms with van der Waals surface area (Å²) in [4.78, 5) is 13.3. The lowest BCUT2D eigenvalue weighted by Gasteiger charge is -2.18. The Morgan fingerprint density at radius 1 is 0.721 bits per heavy atom. The summed E-state index contributed by atoms with van der Waals surface area (Å²) < 4.78 is 59.5. The second-order valence-electron chi connectivity index (χ2n) is 10.2. The summed E-state index contributed by atoms with van der Waals surface area (Å²) >= 11 is 0. The molecule has 2 N–H and O–H groups in total. The molecule has 224 valence electrons. The summed E-state index contributed by atoms with van der Waals surface area (Å²) in [7, 11) is -8.11. The molecule has 0 bridgehead atoms. The summed E-state index contributed by atoms with van der Waals surface area (Å²) in [5.41, 5.74) is 7.27. The number of aryl methyl sites for hydroxylation is 3. The number of sulfonamides is 1. The van der Waals surface area contributed by atoms with Crippen molar-refractivity contribution in [3.8, 4) is 5.75 Å². The van der Waals surface area contributed by atoms with Crippen molar-refractivity contribution in [1.82, 2.24) is 10.1 Å². The van der Waals surface area contributed by atoms with Gasteiger partial charge in [-0.3, -0.25) is 4.79 Å². The van der Waals surface area contributed by atoms with Gasteiger partial charge in [-0.1, -0.05) is 77.4 Å². The second kappa shape index (κ2) is 13.3. The minimum atomic E-state index is -4.07. The Bertz CT molecular complexity index is 1820. The Hall–Kier alpha value is -4.32. The van der Waals surface area contributed by atoms with Crippen LogP contribution in [0.15, 0.2) is 112 Å². The van der Waals surface area contributed by atoms with Crippen LogP contribution in [-0.2, 0) is 31.4 Å². The monoisotopic (exact) mass is 619 g/mol. The maximum Gasteiger partial charge on any atom is 0.339 e. The number of rotatable bonds is 11. The smallest absolute Gasteiger partial charge is 0.339 e. The van der Waals surface area contributed by atoms with Crippen LogP contribution < -0.4 is 14.3 Å². The lowest BCUT2D eigenvalue weighted by Crippen LogP contribution is -2.46. The number of nitrogens with zero attached hydrogens (tertiary/aromatic N) is 1. The van der Waals surface area contributed by atoms with E-state index in [1.54, 1.807) is 43.3 Å². The van der Waals surface area contributed by atoms with Crippen LogP contribution in [0.4, 0.5) is 0 Å². The number of hydrogen-bond donors (Lipinski definition) is 2.